The van der Waals surface area contributed by atoms with Gasteiger partial charge >= 0.3 is 5.97 Å². The van der Waals surface area contributed by atoms with E-state index in [-0.39, 0.29) is 12.5 Å². The molecule has 122 valence electrons. The van der Waals surface area contributed by atoms with Gasteiger partial charge in [-0.15, -0.1) is 0 Å². The summed E-state index contributed by atoms with van der Waals surface area (Å²) in [6, 6.07) is 27.5. The number of para-hydroxylation sites is 2. The molecule has 0 bridgehead atoms. The average molecular weight is 327 g/mol. The van der Waals surface area contributed by atoms with Crippen LogP contribution in [0.25, 0.3) is 22.0 Å². The van der Waals surface area contributed by atoms with Crippen LogP contribution in [0.5, 0.6) is 5.75 Å². The molecule has 0 amide bonds. The van der Waals surface area contributed by atoms with Gasteiger partial charge in [0.15, 0.2) is 0 Å². The summed E-state index contributed by atoms with van der Waals surface area (Å²) in [5, 5.41) is 1.11. The van der Waals surface area contributed by atoms with Gasteiger partial charge in [0.05, 0.1) is 0 Å². The molecule has 0 unspecified atom stereocenters. The van der Waals surface area contributed by atoms with Crippen molar-refractivity contribution in [3.63, 3.8) is 0 Å². The molecule has 0 fully saturated rings. The summed E-state index contributed by atoms with van der Waals surface area (Å²) in [6.07, 6.45) is 1.91. The summed E-state index contributed by atoms with van der Waals surface area (Å²) in [6.45, 7) is 0.177. The SMILES string of the molecule is O=C(Cn1ccc2ccccc21)Oc1ccccc1-c1ccccc1. The van der Waals surface area contributed by atoms with Crippen LogP contribution in [0.2, 0.25) is 0 Å². The molecular formula is C22H17NO2. The maximum atomic E-state index is 12.5. The van der Waals surface area contributed by atoms with Crippen LogP contribution in [0.1, 0.15) is 0 Å². The number of rotatable bonds is 4. The summed E-state index contributed by atoms with van der Waals surface area (Å²) in [7, 11) is 0. The van der Waals surface area contributed by atoms with E-state index in [0.717, 1.165) is 22.0 Å². The van der Waals surface area contributed by atoms with E-state index < -0.39 is 0 Å². The lowest BCUT2D eigenvalue weighted by Crippen LogP contribution is -2.16. The minimum atomic E-state index is -0.287. The van der Waals surface area contributed by atoms with E-state index in [1.165, 1.54) is 0 Å². The minimum absolute atomic E-state index is 0.177. The van der Waals surface area contributed by atoms with Crippen LogP contribution in [0.15, 0.2) is 91.1 Å². The van der Waals surface area contributed by atoms with Gasteiger partial charge in [-0.25, -0.2) is 4.79 Å². The van der Waals surface area contributed by atoms with Crippen molar-refractivity contribution < 1.29 is 9.53 Å². The highest BCUT2D eigenvalue weighted by atomic mass is 16.5. The lowest BCUT2D eigenvalue weighted by molar-refractivity contribution is -0.134. The van der Waals surface area contributed by atoms with Crippen LogP contribution in [0.3, 0.4) is 0 Å². The third-order valence-corrected chi connectivity index (χ3v) is 4.18. The molecule has 0 radical (unpaired) electrons. The molecule has 0 atom stereocenters. The zero-order chi connectivity index (χ0) is 17.1. The van der Waals surface area contributed by atoms with Crippen molar-refractivity contribution in [1.29, 1.82) is 0 Å². The summed E-state index contributed by atoms with van der Waals surface area (Å²) >= 11 is 0. The molecule has 25 heavy (non-hydrogen) atoms. The fraction of sp³-hybridized carbons (Fsp3) is 0.0455. The van der Waals surface area contributed by atoms with Crippen molar-refractivity contribution in [1.82, 2.24) is 4.57 Å². The molecule has 0 saturated heterocycles. The van der Waals surface area contributed by atoms with E-state index >= 15 is 0 Å². The number of hydrogen-bond donors (Lipinski definition) is 0. The fourth-order valence-electron chi connectivity index (χ4n) is 2.98. The predicted octanol–water partition coefficient (Wildman–Crippen LogP) is 4.91. The van der Waals surface area contributed by atoms with Crippen LogP contribution in [-0.4, -0.2) is 10.5 Å². The summed E-state index contributed by atoms with van der Waals surface area (Å²) in [5.41, 5.74) is 2.96. The van der Waals surface area contributed by atoms with Gasteiger partial charge in [-0.05, 0) is 29.1 Å². The first-order valence-corrected chi connectivity index (χ1v) is 8.20. The number of carbonyl (C=O) groups is 1. The first kappa shape index (κ1) is 15.2. The fourth-order valence-corrected chi connectivity index (χ4v) is 2.98. The number of ether oxygens (including phenoxy) is 1. The second kappa shape index (κ2) is 6.65. The predicted molar refractivity (Wildman–Crippen MR) is 99.5 cm³/mol. The molecule has 3 nitrogen and oxygen atoms in total. The third kappa shape index (κ3) is 3.17. The number of esters is 1. The lowest BCUT2D eigenvalue weighted by Gasteiger charge is -2.11. The standard InChI is InChI=1S/C22H17NO2/c24-22(16-23-15-14-18-10-4-6-12-20(18)23)25-21-13-7-5-11-19(21)17-8-2-1-3-9-17/h1-15H,16H2. The van der Waals surface area contributed by atoms with Crippen molar-refractivity contribution in [2.45, 2.75) is 6.54 Å². The molecule has 0 spiro atoms. The van der Waals surface area contributed by atoms with Gasteiger partial charge in [0.25, 0.3) is 0 Å². The Morgan fingerprint density at radius 1 is 0.800 bits per heavy atom. The Morgan fingerprint density at radius 3 is 2.40 bits per heavy atom. The van der Waals surface area contributed by atoms with Gasteiger partial charge in [0, 0.05) is 17.3 Å². The van der Waals surface area contributed by atoms with Crippen molar-refractivity contribution in [3.8, 4) is 16.9 Å². The molecule has 1 heterocycles. The Balaban J connectivity index is 1.58. The number of nitrogens with zero attached hydrogens (tertiary/aromatic N) is 1. The number of benzene rings is 3. The Hall–Kier alpha value is -3.33. The van der Waals surface area contributed by atoms with Gasteiger partial charge in [-0.3, -0.25) is 0 Å². The van der Waals surface area contributed by atoms with Crippen molar-refractivity contribution in [2.75, 3.05) is 0 Å². The molecule has 0 N–H and O–H groups in total. The van der Waals surface area contributed by atoms with E-state index in [1.54, 1.807) is 0 Å². The first-order chi connectivity index (χ1) is 12.3. The van der Waals surface area contributed by atoms with Crippen LogP contribution in [0.4, 0.5) is 0 Å². The van der Waals surface area contributed by atoms with E-state index in [2.05, 4.69) is 0 Å². The highest BCUT2D eigenvalue weighted by Gasteiger charge is 2.12. The molecule has 3 heteroatoms. The second-order valence-corrected chi connectivity index (χ2v) is 5.84. The minimum Gasteiger partial charge on any atom is -0.425 e. The Kier molecular flexibility index (Phi) is 4.05. The van der Waals surface area contributed by atoms with Crippen LogP contribution < -0.4 is 4.74 Å². The molecule has 0 aliphatic carbocycles. The van der Waals surface area contributed by atoms with E-state index in [1.807, 2.05) is 95.7 Å². The monoisotopic (exact) mass is 327 g/mol. The number of carbonyl (C=O) groups excluding carboxylic acids is 1. The molecule has 1 aromatic heterocycles. The summed E-state index contributed by atoms with van der Waals surface area (Å²) in [4.78, 5) is 12.5. The second-order valence-electron chi connectivity index (χ2n) is 5.84. The van der Waals surface area contributed by atoms with Crippen LogP contribution in [0, 0.1) is 0 Å². The normalized spacial score (nSPS) is 10.7. The topological polar surface area (TPSA) is 31.2 Å². The van der Waals surface area contributed by atoms with Crippen LogP contribution in [-0.2, 0) is 11.3 Å². The third-order valence-electron chi connectivity index (χ3n) is 4.18. The maximum absolute atomic E-state index is 12.5. The van der Waals surface area contributed by atoms with Gasteiger partial charge in [0.1, 0.15) is 12.3 Å². The number of aromatic nitrogens is 1. The van der Waals surface area contributed by atoms with Gasteiger partial charge in [0.2, 0.25) is 0 Å². The Morgan fingerprint density at radius 2 is 1.52 bits per heavy atom. The van der Waals surface area contributed by atoms with Crippen molar-refractivity contribution >= 4 is 16.9 Å². The largest absolute Gasteiger partial charge is 0.425 e. The quantitative estimate of drug-likeness (QED) is 0.394. The van der Waals surface area contributed by atoms with Crippen LogP contribution >= 0.6 is 0 Å². The molecule has 0 aliphatic rings. The molecule has 4 aromatic rings. The van der Waals surface area contributed by atoms with Gasteiger partial charge < -0.3 is 9.30 Å². The summed E-state index contributed by atoms with van der Waals surface area (Å²) in [5.74, 6) is 0.292. The zero-order valence-corrected chi connectivity index (χ0v) is 13.6. The Labute approximate surface area is 146 Å². The lowest BCUT2D eigenvalue weighted by atomic mass is 10.1. The molecule has 0 saturated carbocycles. The Bertz CT molecular complexity index is 1020. The highest BCUT2D eigenvalue weighted by molar-refractivity contribution is 5.83. The van der Waals surface area contributed by atoms with E-state index in [4.69, 9.17) is 4.74 Å². The summed E-state index contributed by atoms with van der Waals surface area (Å²) < 4.78 is 7.57. The number of hydrogen-bond acceptors (Lipinski definition) is 2. The van der Waals surface area contributed by atoms with Crippen molar-refractivity contribution in [3.05, 3.63) is 91.1 Å². The molecular weight excluding hydrogens is 310 g/mol. The smallest absolute Gasteiger partial charge is 0.331 e. The first-order valence-electron chi connectivity index (χ1n) is 8.20. The average Bonchev–Trinajstić information content (AvgIpc) is 3.06. The highest BCUT2D eigenvalue weighted by Crippen LogP contribution is 2.29. The zero-order valence-electron chi connectivity index (χ0n) is 13.6. The molecule has 3 aromatic carbocycles. The maximum Gasteiger partial charge on any atom is 0.331 e. The molecule has 0 aliphatic heterocycles. The van der Waals surface area contributed by atoms with Crippen molar-refractivity contribution in [2.24, 2.45) is 0 Å². The number of fused-ring (bicyclic) bond motifs is 1. The van der Waals surface area contributed by atoms with Gasteiger partial charge in [-0.2, -0.15) is 0 Å². The van der Waals surface area contributed by atoms with E-state index in [0.29, 0.717) is 5.75 Å². The van der Waals surface area contributed by atoms with Gasteiger partial charge in [-0.1, -0.05) is 66.7 Å². The molecule has 4 rings (SSSR count). The van der Waals surface area contributed by atoms with E-state index in [9.17, 15) is 4.79 Å².